The number of hydrogen-bond donors (Lipinski definition) is 2. The molecule has 1 saturated carbocycles. The Bertz CT molecular complexity index is 627. The van der Waals surface area contributed by atoms with Crippen LogP contribution in [-0.2, 0) is 9.59 Å². The molecule has 3 rings (SSSR count). The number of nitrogens with one attached hydrogen (secondary N) is 1. The minimum atomic E-state index is -0.898. The van der Waals surface area contributed by atoms with E-state index in [1.165, 1.54) is 0 Å². The Morgan fingerprint density at radius 1 is 1.17 bits per heavy atom. The van der Waals surface area contributed by atoms with Gasteiger partial charge < -0.3 is 19.9 Å². The van der Waals surface area contributed by atoms with E-state index in [1.54, 1.807) is 0 Å². The maximum absolute atomic E-state index is 12.3. The minimum Gasteiger partial charge on any atom is -0.486 e. The van der Waals surface area contributed by atoms with E-state index in [9.17, 15) is 9.59 Å². The predicted molar refractivity (Wildman–Crippen MR) is 82.4 cm³/mol. The smallest absolute Gasteiger partial charge is 0.307 e. The Morgan fingerprint density at radius 3 is 2.48 bits per heavy atom. The van der Waals surface area contributed by atoms with E-state index < -0.39 is 17.8 Å². The molecule has 0 spiro atoms. The highest BCUT2D eigenvalue weighted by Crippen LogP contribution is 2.40. The standard InChI is InChI=1S/C17H21NO5/c1-9(2)15(18-16(19)11-8-12(11)17(20)21)10-3-4-13-14(7-10)23-6-5-22-13/h3-4,7,9,11-12,15H,5-6,8H2,1-2H3,(H,18,19)(H,20,21)/t11-,12+,15+/m1/s1. The normalized spacial score (nSPS) is 23.3. The van der Waals surface area contributed by atoms with Crippen LogP contribution in [0.25, 0.3) is 0 Å². The topological polar surface area (TPSA) is 84.9 Å². The molecular weight excluding hydrogens is 298 g/mol. The number of rotatable bonds is 5. The van der Waals surface area contributed by atoms with E-state index in [4.69, 9.17) is 14.6 Å². The number of carbonyl (C=O) groups excluding carboxylic acids is 1. The monoisotopic (exact) mass is 319 g/mol. The quantitative estimate of drug-likeness (QED) is 0.867. The average molecular weight is 319 g/mol. The third kappa shape index (κ3) is 3.25. The molecule has 0 radical (unpaired) electrons. The van der Waals surface area contributed by atoms with Crippen molar-refractivity contribution in [2.45, 2.75) is 26.3 Å². The molecule has 1 heterocycles. The van der Waals surface area contributed by atoms with Crippen molar-refractivity contribution in [1.82, 2.24) is 5.32 Å². The molecule has 1 amide bonds. The van der Waals surface area contributed by atoms with Crippen molar-refractivity contribution in [1.29, 1.82) is 0 Å². The molecule has 23 heavy (non-hydrogen) atoms. The van der Waals surface area contributed by atoms with Gasteiger partial charge in [-0.15, -0.1) is 0 Å². The number of amides is 1. The second-order valence-electron chi connectivity index (χ2n) is 6.42. The Balaban J connectivity index is 1.74. The Labute approximate surface area is 134 Å². The maximum Gasteiger partial charge on any atom is 0.307 e. The second kappa shape index (κ2) is 6.10. The van der Waals surface area contributed by atoms with Crippen molar-refractivity contribution >= 4 is 11.9 Å². The molecule has 1 aromatic rings. The summed E-state index contributed by atoms with van der Waals surface area (Å²) in [7, 11) is 0. The van der Waals surface area contributed by atoms with Crippen LogP contribution in [-0.4, -0.2) is 30.2 Å². The van der Waals surface area contributed by atoms with Crippen LogP contribution in [0.5, 0.6) is 11.5 Å². The lowest BCUT2D eigenvalue weighted by atomic mass is 9.95. The van der Waals surface area contributed by atoms with Crippen LogP contribution in [0.2, 0.25) is 0 Å². The SMILES string of the molecule is CC(C)[C@H](NC(=O)[C@@H]1C[C@@H]1C(=O)O)c1ccc2c(c1)OCCO2. The molecule has 1 aliphatic heterocycles. The van der Waals surface area contributed by atoms with Crippen molar-refractivity contribution < 1.29 is 24.2 Å². The number of carboxylic acids is 1. The van der Waals surface area contributed by atoms with E-state index in [0.29, 0.717) is 31.1 Å². The number of ether oxygens (including phenoxy) is 2. The zero-order chi connectivity index (χ0) is 16.6. The van der Waals surface area contributed by atoms with Crippen LogP contribution in [0.4, 0.5) is 0 Å². The molecule has 124 valence electrons. The molecule has 1 fully saturated rings. The molecule has 0 saturated heterocycles. The van der Waals surface area contributed by atoms with Gasteiger partial charge in [0, 0.05) is 0 Å². The fourth-order valence-corrected chi connectivity index (χ4v) is 2.91. The van der Waals surface area contributed by atoms with Gasteiger partial charge in [-0.1, -0.05) is 19.9 Å². The van der Waals surface area contributed by atoms with E-state index in [2.05, 4.69) is 5.32 Å². The van der Waals surface area contributed by atoms with Crippen LogP contribution in [0.3, 0.4) is 0 Å². The Kier molecular flexibility index (Phi) is 4.15. The summed E-state index contributed by atoms with van der Waals surface area (Å²) in [5.74, 6) is -0.473. The molecule has 6 nitrogen and oxygen atoms in total. The van der Waals surface area contributed by atoms with Gasteiger partial charge >= 0.3 is 5.97 Å². The average Bonchev–Trinajstić information content (AvgIpc) is 3.32. The molecule has 0 aromatic heterocycles. The number of fused-ring (bicyclic) bond motifs is 1. The van der Waals surface area contributed by atoms with E-state index in [0.717, 1.165) is 5.56 Å². The zero-order valence-electron chi connectivity index (χ0n) is 13.2. The number of hydrogen-bond acceptors (Lipinski definition) is 4. The number of carbonyl (C=O) groups is 2. The molecule has 3 atom stereocenters. The highest BCUT2D eigenvalue weighted by atomic mass is 16.6. The van der Waals surface area contributed by atoms with E-state index >= 15 is 0 Å². The summed E-state index contributed by atoms with van der Waals surface area (Å²) in [4.78, 5) is 23.2. The first-order valence-corrected chi connectivity index (χ1v) is 7.90. The second-order valence-corrected chi connectivity index (χ2v) is 6.42. The van der Waals surface area contributed by atoms with Crippen LogP contribution < -0.4 is 14.8 Å². The summed E-state index contributed by atoms with van der Waals surface area (Å²) in [6.07, 6.45) is 0.424. The lowest BCUT2D eigenvalue weighted by molar-refractivity contribution is -0.140. The first-order chi connectivity index (χ1) is 11.0. The summed E-state index contributed by atoms with van der Waals surface area (Å²) >= 11 is 0. The molecule has 0 unspecified atom stereocenters. The fraction of sp³-hybridized carbons (Fsp3) is 0.529. The molecule has 0 bridgehead atoms. The van der Waals surface area contributed by atoms with Gasteiger partial charge in [-0.25, -0.2) is 0 Å². The third-order valence-corrected chi connectivity index (χ3v) is 4.33. The van der Waals surface area contributed by atoms with Gasteiger partial charge in [0.2, 0.25) is 5.91 Å². The van der Waals surface area contributed by atoms with Gasteiger partial charge in [0.05, 0.1) is 17.9 Å². The number of carboxylic acid groups (broad SMARTS) is 1. The van der Waals surface area contributed by atoms with Crippen molar-refractivity contribution in [3.05, 3.63) is 23.8 Å². The summed E-state index contributed by atoms with van der Waals surface area (Å²) in [6.45, 7) is 5.08. The Morgan fingerprint density at radius 2 is 1.87 bits per heavy atom. The summed E-state index contributed by atoms with van der Waals surface area (Å²) in [5.41, 5.74) is 0.935. The van der Waals surface area contributed by atoms with Crippen LogP contribution in [0, 0.1) is 17.8 Å². The highest BCUT2D eigenvalue weighted by Gasteiger charge is 2.48. The van der Waals surface area contributed by atoms with Crippen LogP contribution in [0.1, 0.15) is 31.9 Å². The first kappa shape index (κ1) is 15.6. The molecule has 2 aliphatic rings. The fourth-order valence-electron chi connectivity index (χ4n) is 2.91. The van der Waals surface area contributed by atoms with Gasteiger partial charge in [-0.2, -0.15) is 0 Å². The van der Waals surface area contributed by atoms with Gasteiger partial charge in [-0.05, 0) is 30.0 Å². The van der Waals surface area contributed by atoms with Gasteiger partial charge in [0.1, 0.15) is 13.2 Å². The Hall–Kier alpha value is -2.24. The molecule has 1 aromatic carbocycles. The first-order valence-electron chi connectivity index (χ1n) is 7.90. The highest BCUT2D eigenvalue weighted by molar-refractivity contribution is 5.89. The minimum absolute atomic E-state index is 0.170. The largest absolute Gasteiger partial charge is 0.486 e. The van der Waals surface area contributed by atoms with Crippen molar-refractivity contribution in [3.8, 4) is 11.5 Å². The van der Waals surface area contributed by atoms with Crippen molar-refractivity contribution in [2.75, 3.05) is 13.2 Å². The van der Waals surface area contributed by atoms with Crippen molar-refractivity contribution in [2.24, 2.45) is 17.8 Å². The zero-order valence-corrected chi connectivity index (χ0v) is 13.2. The lowest BCUT2D eigenvalue weighted by Crippen LogP contribution is -2.33. The van der Waals surface area contributed by atoms with E-state index in [-0.39, 0.29) is 17.9 Å². The summed E-state index contributed by atoms with van der Waals surface area (Å²) < 4.78 is 11.1. The lowest BCUT2D eigenvalue weighted by Gasteiger charge is -2.25. The number of aliphatic carboxylic acids is 1. The number of benzene rings is 1. The molecular formula is C17H21NO5. The van der Waals surface area contributed by atoms with Gasteiger partial charge in [0.15, 0.2) is 11.5 Å². The van der Waals surface area contributed by atoms with Crippen LogP contribution >= 0.6 is 0 Å². The molecule has 1 aliphatic carbocycles. The van der Waals surface area contributed by atoms with Gasteiger partial charge in [-0.3, -0.25) is 9.59 Å². The van der Waals surface area contributed by atoms with Crippen molar-refractivity contribution in [3.63, 3.8) is 0 Å². The maximum atomic E-state index is 12.3. The van der Waals surface area contributed by atoms with Gasteiger partial charge in [0.25, 0.3) is 0 Å². The van der Waals surface area contributed by atoms with Crippen LogP contribution in [0.15, 0.2) is 18.2 Å². The summed E-state index contributed by atoms with van der Waals surface area (Å²) in [5, 5.41) is 11.9. The van der Waals surface area contributed by atoms with E-state index in [1.807, 2.05) is 32.0 Å². The predicted octanol–water partition coefficient (Wildman–Crippen LogP) is 1.99. The summed E-state index contributed by atoms with van der Waals surface area (Å²) in [6, 6.07) is 5.47. The third-order valence-electron chi connectivity index (χ3n) is 4.33. The molecule has 2 N–H and O–H groups in total. The molecule has 6 heteroatoms.